The Hall–Kier alpha value is -0.100. The van der Waals surface area contributed by atoms with Gasteiger partial charge in [0, 0.05) is 6.42 Å². The number of halogens is 2. The number of rotatable bonds is 6. The van der Waals surface area contributed by atoms with Crippen LogP contribution >= 0.6 is 32.4 Å². The van der Waals surface area contributed by atoms with Crippen molar-refractivity contribution in [3.63, 3.8) is 0 Å². The fourth-order valence-corrected chi connectivity index (χ4v) is 3.28. The number of carbonyl (C=O) groups excluding carboxylic acids is 1. The first-order chi connectivity index (χ1) is 9.18. The first-order valence-corrected chi connectivity index (χ1v) is 8.43. The van der Waals surface area contributed by atoms with E-state index < -0.39 is 0 Å². The minimum absolute atomic E-state index is 0.0321. The van der Waals surface area contributed by atoms with Gasteiger partial charge in [0.2, 0.25) is 0 Å². The number of hydrogen-bond donors (Lipinski definition) is 0. The largest absolute Gasteiger partial charge is 0.294 e. The van der Waals surface area contributed by atoms with Crippen molar-refractivity contribution in [3.05, 3.63) is 33.3 Å². The number of ketones is 1. The van der Waals surface area contributed by atoms with Gasteiger partial charge in [-0.1, -0.05) is 50.0 Å². The van der Waals surface area contributed by atoms with Crippen molar-refractivity contribution >= 4 is 38.2 Å². The van der Waals surface area contributed by atoms with Gasteiger partial charge in [-0.3, -0.25) is 4.79 Å². The summed E-state index contributed by atoms with van der Waals surface area (Å²) in [5, 5.41) is 0.929. The molecular weight excluding hydrogens is 310 g/mol. The highest BCUT2D eigenvalue weighted by molar-refractivity contribution is 7.16. The minimum Gasteiger partial charge on any atom is -0.294 e. The molecule has 1 nitrogen and oxygen atoms in total. The van der Waals surface area contributed by atoms with E-state index in [2.05, 4.69) is 30.0 Å². The summed E-state index contributed by atoms with van der Waals surface area (Å²) in [6.07, 6.45) is 2.51. The van der Waals surface area contributed by atoms with Gasteiger partial charge in [-0.25, -0.2) is 0 Å². The van der Waals surface area contributed by atoms with E-state index in [1.165, 1.54) is 0 Å². The van der Waals surface area contributed by atoms with Gasteiger partial charge in [0.05, 0.1) is 15.6 Å². The molecule has 0 saturated heterocycles. The summed E-state index contributed by atoms with van der Waals surface area (Å²) < 4.78 is 0. The van der Waals surface area contributed by atoms with Crippen molar-refractivity contribution in [2.45, 2.75) is 40.5 Å². The van der Waals surface area contributed by atoms with Crippen molar-refractivity contribution in [3.8, 4) is 0 Å². The molecular formula is C16H23Cl2OP. The smallest absolute Gasteiger partial charge is 0.166 e. The lowest BCUT2D eigenvalue weighted by Crippen LogP contribution is -2.21. The van der Waals surface area contributed by atoms with E-state index in [4.69, 9.17) is 23.2 Å². The average molecular weight is 333 g/mol. The first-order valence-electron chi connectivity index (χ1n) is 6.86. The topological polar surface area (TPSA) is 17.1 Å². The number of aryl methyl sites for hydroxylation is 1. The quantitative estimate of drug-likeness (QED) is 0.475. The Labute approximate surface area is 134 Å². The third-order valence-electron chi connectivity index (χ3n) is 3.51. The minimum atomic E-state index is -0.0521. The molecule has 0 aliphatic carbocycles. The zero-order chi connectivity index (χ0) is 15.5. The normalized spacial score (nSPS) is 13.3. The SMILES string of the molecule is Cc1ccc(Cl)c(C(=O)CC(C)(C)CC(C)CP)c1Cl. The van der Waals surface area contributed by atoms with E-state index in [1.54, 1.807) is 6.07 Å². The molecule has 1 rings (SSSR count). The molecule has 4 heteroatoms. The third-order valence-corrected chi connectivity index (χ3v) is 5.11. The zero-order valence-electron chi connectivity index (χ0n) is 12.6. The number of carbonyl (C=O) groups is 1. The Bertz CT molecular complexity index is 497. The van der Waals surface area contributed by atoms with E-state index in [1.807, 2.05) is 13.0 Å². The van der Waals surface area contributed by atoms with E-state index in [-0.39, 0.29) is 11.2 Å². The Morgan fingerprint density at radius 1 is 1.35 bits per heavy atom. The second-order valence-corrected chi connectivity index (χ2v) is 7.62. The van der Waals surface area contributed by atoms with Crippen molar-refractivity contribution in [2.75, 3.05) is 6.16 Å². The van der Waals surface area contributed by atoms with Crippen LogP contribution in [0.1, 0.15) is 49.5 Å². The third kappa shape index (κ3) is 4.72. The summed E-state index contributed by atoms with van der Waals surface area (Å²) in [6.45, 7) is 8.33. The Balaban J connectivity index is 2.94. The lowest BCUT2D eigenvalue weighted by Gasteiger charge is -2.27. The van der Waals surface area contributed by atoms with Gasteiger partial charge in [-0.05, 0) is 42.5 Å². The van der Waals surface area contributed by atoms with Crippen LogP contribution in [0.15, 0.2) is 12.1 Å². The lowest BCUT2D eigenvalue weighted by molar-refractivity contribution is 0.0918. The molecule has 20 heavy (non-hydrogen) atoms. The predicted octanol–water partition coefficient (Wildman–Crippen LogP) is 5.80. The second-order valence-electron chi connectivity index (χ2n) is 6.36. The molecule has 2 unspecified atom stereocenters. The molecule has 0 spiro atoms. The fourth-order valence-electron chi connectivity index (χ4n) is 2.53. The van der Waals surface area contributed by atoms with Gasteiger partial charge >= 0.3 is 0 Å². The van der Waals surface area contributed by atoms with Crippen molar-refractivity contribution in [2.24, 2.45) is 11.3 Å². The van der Waals surface area contributed by atoms with Gasteiger partial charge in [0.15, 0.2) is 5.78 Å². The van der Waals surface area contributed by atoms with E-state index in [0.717, 1.165) is 18.1 Å². The van der Waals surface area contributed by atoms with E-state index in [9.17, 15) is 4.79 Å². The Kier molecular flexibility index (Phi) is 6.51. The van der Waals surface area contributed by atoms with Crippen LogP contribution in [0, 0.1) is 18.3 Å². The van der Waals surface area contributed by atoms with Gasteiger partial charge in [-0.15, -0.1) is 9.24 Å². The van der Waals surface area contributed by atoms with Crippen LogP contribution < -0.4 is 0 Å². The molecule has 0 heterocycles. The molecule has 0 saturated carbocycles. The molecule has 0 aliphatic rings. The van der Waals surface area contributed by atoms with Crippen molar-refractivity contribution in [1.82, 2.24) is 0 Å². The standard InChI is InChI=1S/C16H23Cl2OP/c1-10(9-20)7-16(3,4)8-13(19)14-12(17)6-5-11(2)15(14)18/h5-6,10H,7-9,20H2,1-4H3. The summed E-state index contributed by atoms with van der Waals surface area (Å²) in [7, 11) is 2.76. The zero-order valence-corrected chi connectivity index (χ0v) is 15.3. The molecule has 112 valence electrons. The molecule has 0 amide bonds. The number of Topliss-reactive ketones (excluding diaryl/α,β-unsaturated/α-hetero) is 1. The highest BCUT2D eigenvalue weighted by Crippen LogP contribution is 2.35. The second kappa shape index (κ2) is 7.25. The van der Waals surface area contributed by atoms with Crippen LogP contribution in [0.25, 0.3) is 0 Å². The predicted molar refractivity (Wildman–Crippen MR) is 92.3 cm³/mol. The molecule has 0 aromatic heterocycles. The Morgan fingerprint density at radius 3 is 2.50 bits per heavy atom. The van der Waals surface area contributed by atoms with Gasteiger partial charge < -0.3 is 0 Å². The Morgan fingerprint density at radius 2 is 1.95 bits per heavy atom. The molecule has 0 bridgehead atoms. The molecule has 1 aromatic carbocycles. The summed E-state index contributed by atoms with van der Waals surface area (Å²) in [5.74, 6) is 0.607. The van der Waals surface area contributed by atoms with E-state index in [0.29, 0.717) is 27.9 Å². The van der Waals surface area contributed by atoms with Crippen LogP contribution in [-0.4, -0.2) is 11.9 Å². The fraction of sp³-hybridized carbons (Fsp3) is 0.562. The molecule has 0 N–H and O–H groups in total. The monoisotopic (exact) mass is 332 g/mol. The summed E-state index contributed by atoms with van der Waals surface area (Å²) in [5.41, 5.74) is 1.30. The van der Waals surface area contributed by atoms with Gasteiger partial charge in [0.25, 0.3) is 0 Å². The molecule has 0 aliphatic heterocycles. The molecule has 0 radical (unpaired) electrons. The van der Waals surface area contributed by atoms with Crippen molar-refractivity contribution in [1.29, 1.82) is 0 Å². The van der Waals surface area contributed by atoms with Gasteiger partial charge in [0.1, 0.15) is 0 Å². The average Bonchev–Trinajstić information content (AvgIpc) is 2.33. The lowest BCUT2D eigenvalue weighted by atomic mass is 9.79. The maximum atomic E-state index is 12.5. The number of hydrogen-bond acceptors (Lipinski definition) is 1. The highest BCUT2D eigenvalue weighted by Gasteiger charge is 2.27. The summed E-state index contributed by atoms with van der Waals surface area (Å²) in [6, 6.07) is 3.58. The molecule has 1 aromatic rings. The maximum absolute atomic E-state index is 12.5. The van der Waals surface area contributed by atoms with Crippen LogP contribution in [0.2, 0.25) is 10.0 Å². The van der Waals surface area contributed by atoms with Crippen LogP contribution in [0.3, 0.4) is 0 Å². The number of benzene rings is 1. The molecule has 2 atom stereocenters. The van der Waals surface area contributed by atoms with Crippen LogP contribution in [-0.2, 0) is 0 Å². The summed E-state index contributed by atoms with van der Waals surface area (Å²) >= 11 is 12.4. The van der Waals surface area contributed by atoms with Gasteiger partial charge in [-0.2, -0.15) is 0 Å². The summed E-state index contributed by atoms with van der Waals surface area (Å²) in [4.78, 5) is 12.5. The molecule has 0 fully saturated rings. The van der Waals surface area contributed by atoms with Crippen LogP contribution in [0.4, 0.5) is 0 Å². The van der Waals surface area contributed by atoms with Crippen LogP contribution in [0.5, 0.6) is 0 Å². The maximum Gasteiger partial charge on any atom is 0.166 e. The van der Waals surface area contributed by atoms with Crippen molar-refractivity contribution < 1.29 is 4.79 Å². The van der Waals surface area contributed by atoms with E-state index >= 15 is 0 Å². The first kappa shape index (κ1) is 18.0. The highest BCUT2D eigenvalue weighted by atomic mass is 35.5.